The van der Waals surface area contributed by atoms with Crippen molar-refractivity contribution in [1.82, 2.24) is 0 Å². The fourth-order valence-corrected chi connectivity index (χ4v) is 9.34. The first-order valence-corrected chi connectivity index (χ1v) is 15.4. The first kappa shape index (κ1) is 29.3. The minimum atomic E-state index is -5.06. The van der Waals surface area contributed by atoms with Crippen molar-refractivity contribution in [2.75, 3.05) is 0 Å². The molecule has 192 valence electrons. The number of benzene rings is 2. The van der Waals surface area contributed by atoms with E-state index in [1.165, 1.54) is 0 Å². The molecular formula is C30H48ClO2P. The molecule has 0 amide bonds. The number of halogens is 1. The van der Waals surface area contributed by atoms with Gasteiger partial charge in [0.1, 0.15) is 0 Å². The zero-order chi connectivity index (χ0) is 26.9. The fraction of sp³-hybridized carbons (Fsp3) is 0.600. The first-order chi connectivity index (χ1) is 14.8. The Morgan fingerprint density at radius 1 is 0.529 bits per heavy atom. The van der Waals surface area contributed by atoms with Crippen molar-refractivity contribution >= 4 is 28.3 Å². The van der Waals surface area contributed by atoms with Gasteiger partial charge in [0, 0.05) is 0 Å². The quantitative estimate of drug-likeness (QED) is 0.405. The van der Waals surface area contributed by atoms with E-state index in [4.69, 9.17) is 11.2 Å². The Hall–Kier alpha value is -0.920. The molecule has 0 radical (unpaired) electrons. The monoisotopic (exact) mass is 506 g/mol. The SMILES string of the molecule is Cc1cc(C(C)(C)C)cc(C(C)(C)C)c1P(O)(O)(Cl)c1c(C)cc(C(C)(C)C)cc1C(C)(C)C. The van der Waals surface area contributed by atoms with Gasteiger partial charge in [-0.2, -0.15) is 0 Å². The molecule has 0 saturated heterocycles. The molecule has 0 aliphatic rings. The minimum absolute atomic E-state index is 0.0716. The molecule has 0 bridgehead atoms. The fourth-order valence-electron chi connectivity index (χ4n) is 4.73. The second-order valence-corrected chi connectivity index (χ2v) is 19.0. The van der Waals surface area contributed by atoms with Gasteiger partial charge in [-0.3, -0.25) is 0 Å². The summed E-state index contributed by atoms with van der Waals surface area (Å²) < 4.78 is 0. The third-order valence-electron chi connectivity index (χ3n) is 6.74. The maximum atomic E-state index is 12.4. The zero-order valence-corrected chi connectivity index (χ0v) is 25.7. The van der Waals surface area contributed by atoms with Crippen LogP contribution >= 0.6 is 17.7 Å². The van der Waals surface area contributed by atoms with E-state index >= 15 is 0 Å². The molecule has 0 spiro atoms. The summed E-state index contributed by atoms with van der Waals surface area (Å²) in [6.45, 7) is 29.7. The zero-order valence-electron chi connectivity index (χ0n) is 24.0. The van der Waals surface area contributed by atoms with Crippen molar-refractivity contribution < 1.29 is 9.79 Å². The molecule has 0 aliphatic heterocycles. The van der Waals surface area contributed by atoms with E-state index in [1.54, 1.807) is 0 Å². The second-order valence-electron chi connectivity index (χ2n) is 14.3. The van der Waals surface area contributed by atoms with Gasteiger partial charge in [0.15, 0.2) is 0 Å². The summed E-state index contributed by atoms with van der Waals surface area (Å²) in [6.07, 6.45) is -5.06. The number of hydrogen-bond donors (Lipinski definition) is 2. The van der Waals surface area contributed by atoms with Crippen molar-refractivity contribution in [2.24, 2.45) is 0 Å². The van der Waals surface area contributed by atoms with Crippen molar-refractivity contribution in [3.8, 4) is 0 Å². The Labute approximate surface area is 214 Å². The standard InChI is InChI=1S/C30H48ClO2P/c1-19-15-21(27(3,4)5)17-23(29(9,10)11)25(19)34(31,32,33)26-20(2)16-22(28(6,7)8)18-24(26)30(12,13)14/h15-18,32-33H,1-14H3. The van der Waals surface area contributed by atoms with Crippen LogP contribution in [0.1, 0.15) is 116 Å². The van der Waals surface area contributed by atoms with E-state index in [0.29, 0.717) is 10.6 Å². The van der Waals surface area contributed by atoms with E-state index < -0.39 is 6.41 Å². The molecule has 2 rings (SSSR count). The molecule has 0 atom stereocenters. The summed E-state index contributed by atoms with van der Waals surface area (Å²) in [5.41, 5.74) is 4.98. The molecule has 34 heavy (non-hydrogen) atoms. The average Bonchev–Trinajstić information content (AvgIpc) is 2.56. The summed E-state index contributed by atoms with van der Waals surface area (Å²) in [5, 5.41) is 0.982. The molecule has 0 saturated carbocycles. The molecule has 0 heterocycles. The summed E-state index contributed by atoms with van der Waals surface area (Å²) in [4.78, 5) is 24.8. The van der Waals surface area contributed by atoms with Crippen LogP contribution in [-0.2, 0) is 21.7 Å². The predicted octanol–water partition coefficient (Wildman–Crippen LogP) is 7.97. The van der Waals surface area contributed by atoms with Gasteiger partial charge in [0.2, 0.25) is 0 Å². The number of aryl methyl sites for hydroxylation is 2. The molecule has 4 heteroatoms. The third-order valence-corrected chi connectivity index (χ3v) is 10.5. The average molecular weight is 507 g/mol. The molecule has 2 nitrogen and oxygen atoms in total. The summed E-state index contributed by atoms with van der Waals surface area (Å²) in [5.74, 6) is 0. The van der Waals surface area contributed by atoms with E-state index in [1.807, 2.05) is 13.8 Å². The van der Waals surface area contributed by atoms with Crippen LogP contribution in [0.15, 0.2) is 24.3 Å². The molecule has 0 aliphatic carbocycles. The van der Waals surface area contributed by atoms with Crippen LogP contribution in [-0.4, -0.2) is 9.79 Å². The van der Waals surface area contributed by atoms with E-state index in [0.717, 1.165) is 33.4 Å². The summed E-state index contributed by atoms with van der Waals surface area (Å²) >= 11 is 7.25. The molecule has 2 aromatic carbocycles. The van der Waals surface area contributed by atoms with E-state index in [2.05, 4.69) is 107 Å². The van der Waals surface area contributed by atoms with Crippen molar-refractivity contribution in [2.45, 2.75) is 119 Å². The van der Waals surface area contributed by atoms with Crippen molar-refractivity contribution in [1.29, 1.82) is 0 Å². The van der Waals surface area contributed by atoms with Crippen molar-refractivity contribution in [3.05, 3.63) is 57.6 Å². The van der Waals surface area contributed by atoms with Crippen LogP contribution in [0.2, 0.25) is 0 Å². The Morgan fingerprint density at radius 3 is 1.00 bits per heavy atom. The van der Waals surface area contributed by atoms with Crippen LogP contribution in [0.3, 0.4) is 0 Å². The van der Waals surface area contributed by atoms with Gasteiger partial charge in [-0.25, -0.2) is 0 Å². The summed E-state index contributed by atoms with van der Waals surface area (Å²) in [6, 6.07) is 8.43. The second kappa shape index (κ2) is 8.31. The van der Waals surface area contributed by atoms with Crippen LogP contribution in [0.4, 0.5) is 0 Å². The normalized spacial score (nSPS) is 15.3. The molecule has 2 N–H and O–H groups in total. The van der Waals surface area contributed by atoms with Gasteiger partial charge in [-0.05, 0) is 0 Å². The van der Waals surface area contributed by atoms with Crippen LogP contribution < -0.4 is 10.6 Å². The van der Waals surface area contributed by atoms with Crippen LogP contribution in [0.5, 0.6) is 0 Å². The first-order valence-electron chi connectivity index (χ1n) is 12.3. The van der Waals surface area contributed by atoms with Gasteiger partial charge in [0.25, 0.3) is 0 Å². The van der Waals surface area contributed by atoms with Crippen LogP contribution in [0, 0.1) is 13.8 Å². The molecule has 2 aromatic rings. The van der Waals surface area contributed by atoms with Gasteiger partial charge in [0.05, 0.1) is 0 Å². The Kier molecular flexibility index (Phi) is 7.16. The van der Waals surface area contributed by atoms with Gasteiger partial charge >= 0.3 is 214 Å². The Morgan fingerprint density at radius 2 is 0.794 bits per heavy atom. The van der Waals surface area contributed by atoms with Crippen LogP contribution in [0.25, 0.3) is 0 Å². The topological polar surface area (TPSA) is 40.5 Å². The van der Waals surface area contributed by atoms with Crippen molar-refractivity contribution in [3.63, 3.8) is 0 Å². The van der Waals surface area contributed by atoms with Gasteiger partial charge < -0.3 is 0 Å². The Balaban J connectivity index is 3.13. The number of hydrogen-bond acceptors (Lipinski definition) is 2. The molecule has 0 unspecified atom stereocenters. The molecule has 0 aromatic heterocycles. The molecule has 0 fully saturated rings. The van der Waals surface area contributed by atoms with E-state index in [9.17, 15) is 9.79 Å². The van der Waals surface area contributed by atoms with Gasteiger partial charge in [-0.15, -0.1) is 0 Å². The third kappa shape index (κ3) is 5.57. The summed E-state index contributed by atoms with van der Waals surface area (Å²) in [7, 11) is 0. The Bertz CT molecular complexity index is 1010. The number of rotatable bonds is 2. The predicted molar refractivity (Wildman–Crippen MR) is 154 cm³/mol. The molecular weight excluding hydrogens is 459 g/mol. The van der Waals surface area contributed by atoms with E-state index in [-0.39, 0.29) is 21.7 Å². The maximum absolute atomic E-state index is 12.4. The van der Waals surface area contributed by atoms with Gasteiger partial charge in [-0.1, -0.05) is 0 Å².